The summed E-state index contributed by atoms with van der Waals surface area (Å²) in [6.45, 7) is 0. The number of hydrogen-bond donors (Lipinski definition) is 2. The first-order chi connectivity index (χ1) is 10.6. The van der Waals surface area contributed by atoms with E-state index in [0.717, 1.165) is 0 Å². The van der Waals surface area contributed by atoms with Gasteiger partial charge in [0, 0.05) is 10.8 Å². The van der Waals surface area contributed by atoms with Gasteiger partial charge in [-0.3, -0.25) is 29.1 Å². The van der Waals surface area contributed by atoms with Gasteiger partial charge in [0.15, 0.2) is 0 Å². The Morgan fingerprint density at radius 2 is 0.727 bits per heavy atom. The minimum Gasteiger partial charge on any atom is -0.288 e. The second-order valence-electron chi connectivity index (χ2n) is 5.39. The molecule has 0 saturated carbocycles. The van der Waals surface area contributed by atoms with Crippen LogP contribution in [0.1, 0.15) is 0 Å². The summed E-state index contributed by atoms with van der Waals surface area (Å²) in [5.74, 6) is 0. The van der Waals surface area contributed by atoms with Crippen LogP contribution in [0.4, 0.5) is 0 Å². The molecule has 6 heteroatoms. The highest BCUT2D eigenvalue weighted by molar-refractivity contribution is 6.32. The molecule has 22 heavy (non-hydrogen) atoms. The van der Waals surface area contributed by atoms with E-state index in [1.807, 2.05) is 0 Å². The third kappa shape index (κ3) is 1.05. The molecule has 104 valence electrons. The molecule has 0 saturated heterocycles. The molecule has 8 rings (SSSR count). The number of aromatic amines is 2. The van der Waals surface area contributed by atoms with E-state index in [1.54, 1.807) is 24.3 Å². The van der Waals surface area contributed by atoms with Gasteiger partial charge in [-0.25, -0.2) is 0 Å². The Balaban J connectivity index is 2.56. The smallest absolute Gasteiger partial charge is 0.259 e. The van der Waals surface area contributed by atoms with E-state index in [-0.39, 0.29) is 21.5 Å². The molecule has 0 aliphatic carbocycles. The summed E-state index contributed by atoms with van der Waals surface area (Å²) in [7, 11) is 0. The second kappa shape index (κ2) is 3.30. The fourth-order valence-corrected chi connectivity index (χ4v) is 3.50. The third-order valence-corrected chi connectivity index (χ3v) is 4.32. The maximum absolute atomic E-state index is 12.2. The quantitative estimate of drug-likeness (QED) is 0.438. The average molecular weight is 290 g/mol. The Morgan fingerprint density at radius 3 is 1.00 bits per heavy atom. The van der Waals surface area contributed by atoms with Crippen LogP contribution >= 0.6 is 0 Å². The van der Waals surface area contributed by atoms with E-state index in [4.69, 9.17) is 0 Å². The lowest BCUT2D eigenvalue weighted by Gasteiger charge is -2.06. The zero-order valence-corrected chi connectivity index (χ0v) is 10.9. The van der Waals surface area contributed by atoms with Crippen LogP contribution in [-0.2, 0) is 0 Å². The molecule has 0 aliphatic rings. The normalized spacial score (nSPS) is 12.4. The van der Waals surface area contributed by atoms with Crippen molar-refractivity contribution in [2.24, 2.45) is 0 Å². The maximum Gasteiger partial charge on any atom is 0.259 e. The topological polar surface area (TPSA) is 99.9 Å². The summed E-state index contributed by atoms with van der Waals surface area (Å²) in [4.78, 5) is 53.3. The summed E-state index contributed by atoms with van der Waals surface area (Å²) >= 11 is 0. The van der Waals surface area contributed by atoms with E-state index in [0.29, 0.717) is 21.5 Å². The summed E-state index contributed by atoms with van der Waals surface area (Å²) in [5, 5.41) is 2.72. The van der Waals surface area contributed by atoms with Gasteiger partial charge >= 0.3 is 0 Å². The molecule has 2 heterocycles. The molecule has 0 spiro atoms. The number of nitrogens with one attached hydrogen (secondary N) is 2. The van der Waals surface area contributed by atoms with Crippen LogP contribution in [0.15, 0.2) is 43.4 Å². The van der Waals surface area contributed by atoms with E-state index < -0.39 is 22.2 Å². The maximum atomic E-state index is 12.2. The van der Waals surface area contributed by atoms with Gasteiger partial charge in [-0.1, -0.05) is 24.3 Å². The Kier molecular flexibility index (Phi) is 1.71. The molecule has 0 radical (unpaired) electrons. The van der Waals surface area contributed by atoms with Gasteiger partial charge in [0.1, 0.15) is 0 Å². The highest BCUT2D eigenvalue weighted by atomic mass is 16.2. The van der Waals surface area contributed by atoms with Crippen molar-refractivity contribution in [3.05, 3.63) is 65.7 Å². The van der Waals surface area contributed by atoms with Crippen molar-refractivity contribution in [3.8, 4) is 0 Å². The number of aromatic nitrogens is 2. The van der Waals surface area contributed by atoms with Crippen LogP contribution in [0.3, 0.4) is 0 Å². The number of hydrogen-bond acceptors (Lipinski definition) is 4. The minimum absolute atomic E-state index is 0.185. The highest BCUT2D eigenvalue weighted by Crippen LogP contribution is 2.35. The van der Waals surface area contributed by atoms with Crippen LogP contribution in [0.5, 0.6) is 0 Å². The largest absolute Gasteiger partial charge is 0.288 e. The SMILES string of the molecule is O=c1[nH]c(=O)c2c1c1c3ccc(cc3)c2c2c(=O)[nH]c(=O)c21. The van der Waals surface area contributed by atoms with Crippen molar-refractivity contribution < 1.29 is 0 Å². The fourth-order valence-electron chi connectivity index (χ4n) is 3.50. The molecular formula is C16H6N2O4. The van der Waals surface area contributed by atoms with E-state index in [1.165, 1.54) is 0 Å². The number of benzene rings is 2. The Bertz CT molecular complexity index is 1240. The van der Waals surface area contributed by atoms with Gasteiger partial charge in [-0.15, -0.1) is 0 Å². The van der Waals surface area contributed by atoms with Crippen LogP contribution in [0.2, 0.25) is 0 Å². The zero-order chi connectivity index (χ0) is 15.2. The van der Waals surface area contributed by atoms with Crippen LogP contribution in [-0.4, -0.2) is 9.97 Å². The van der Waals surface area contributed by atoms with Crippen molar-refractivity contribution in [2.45, 2.75) is 0 Å². The monoisotopic (exact) mass is 290 g/mol. The predicted octanol–water partition coefficient (Wildman–Crippen LogP) is 0.710. The molecular weight excluding hydrogens is 284 g/mol. The fraction of sp³-hybridized carbons (Fsp3) is 0. The lowest BCUT2D eigenvalue weighted by molar-refractivity contribution is 1.26. The molecule has 6 aromatic carbocycles. The van der Waals surface area contributed by atoms with Crippen LogP contribution in [0, 0.1) is 0 Å². The molecule has 2 aromatic heterocycles. The van der Waals surface area contributed by atoms with Crippen LogP contribution < -0.4 is 22.2 Å². The van der Waals surface area contributed by atoms with E-state index in [9.17, 15) is 19.2 Å². The summed E-state index contributed by atoms with van der Waals surface area (Å²) in [6, 6.07) is 7.13. The summed E-state index contributed by atoms with van der Waals surface area (Å²) in [6.07, 6.45) is 0. The standard InChI is InChI=1S/C16H6N2O4/c19-13-9-7-5-1-2-6(4-3-5)8(11(9)15(21)17-13)12-10(7)14(20)18-16(12)22/h1-4H,(H,17,19,21)(H,18,20,22). The highest BCUT2D eigenvalue weighted by Gasteiger charge is 2.23. The summed E-state index contributed by atoms with van der Waals surface area (Å²) < 4.78 is 0. The van der Waals surface area contributed by atoms with Crippen molar-refractivity contribution in [3.63, 3.8) is 0 Å². The van der Waals surface area contributed by atoms with Crippen molar-refractivity contribution >= 4 is 43.1 Å². The molecule has 4 bridgehead atoms. The van der Waals surface area contributed by atoms with Gasteiger partial charge in [0.2, 0.25) is 0 Å². The lowest BCUT2D eigenvalue weighted by Crippen LogP contribution is -2.07. The first kappa shape index (κ1) is 11.4. The zero-order valence-electron chi connectivity index (χ0n) is 10.9. The third-order valence-electron chi connectivity index (χ3n) is 4.32. The van der Waals surface area contributed by atoms with Gasteiger partial charge in [0.05, 0.1) is 21.5 Å². The molecule has 0 atom stereocenters. The molecule has 8 aromatic rings. The first-order valence-electron chi connectivity index (χ1n) is 6.64. The Hall–Kier alpha value is -3.28. The van der Waals surface area contributed by atoms with Crippen molar-refractivity contribution in [1.82, 2.24) is 9.97 Å². The van der Waals surface area contributed by atoms with E-state index in [2.05, 4.69) is 9.97 Å². The predicted molar refractivity (Wildman–Crippen MR) is 83.8 cm³/mol. The molecule has 0 unspecified atom stereocenters. The van der Waals surface area contributed by atoms with Gasteiger partial charge < -0.3 is 0 Å². The average Bonchev–Trinajstić information content (AvgIpc) is 2.91. The minimum atomic E-state index is -0.534. The van der Waals surface area contributed by atoms with Crippen molar-refractivity contribution in [1.29, 1.82) is 0 Å². The Labute approximate surface area is 119 Å². The van der Waals surface area contributed by atoms with E-state index >= 15 is 0 Å². The summed E-state index contributed by atoms with van der Waals surface area (Å²) in [5.41, 5.74) is -2.13. The molecule has 6 nitrogen and oxygen atoms in total. The number of rotatable bonds is 0. The molecule has 0 fully saturated rings. The Morgan fingerprint density at radius 1 is 0.455 bits per heavy atom. The molecule has 0 aliphatic heterocycles. The van der Waals surface area contributed by atoms with Gasteiger partial charge in [-0.05, 0) is 10.8 Å². The van der Waals surface area contributed by atoms with Gasteiger partial charge in [-0.2, -0.15) is 0 Å². The van der Waals surface area contributed by atoms with Crippen molar-refractivity contribution in [2.75, 3.05) is 0 Å². The number of H-pyrrole nitrogens is 2. The first-order valence-corrected chi connectivity index (χ1v) is 6.64. The molecule has 2 N–H and O–H groups in total. The lowest BCUT2D eigenvalue weighted by atomic mass is 9.93. The van der Waals surface area contributed by atoms with Crippen LogP contribution in [0.25, 0.3) is 43.1 Å². The molecule has 0 amide bonds. The van der Waals surface area contributed by atoms with Gasteiger partial charge in [0.25, 0.3) is 22.2 Å². The second-order valence-corrected chi connectivity index (χ2v) is 5.39.